The lowest BCUT2D eigenvalue weighted by atomic mass is 9.97. The van der Waals surface area contributed by atoms with Gasteiger partial charge in [0.2, 0.25) is 10.0 Å². The summed E-state index contributed by atoms with van der Waals surface area (Å²) in [6.07, 6.45) is 4.07. The zero-order valence-corrected chi connectivity index (χ0v) is 12.7. The van der Waals surface area contributed by atoms with Crippen LogP contribution < -0.4 is 10.0 Å². The largest absolute Gasteiger partial charge is 0.316 e. The summed E-state index contributed by atoms with van der Waals surface area (Å²) < 4.78 is 27.9. The van der Waals surface area contributed by atoms with Crippen molar-refractivity contribution in [3.05, 3.63) is 29.3 Å². The normalized spacial score (nSPS) is 26.4. The van der Waals surface area contributed by atoms with Gasteiger partial charge in [-0.1, -0.05) is 13.0 Å². The molecule has 2 N–H and O–H groups in total. The van der Waals surface area contributed by atoms with Gasteiger partial charge >= 0.3 is 0 Å². The maximum Gasteiger partial charge on any atom is 0.240 e. The van der Waals surface area contributed by atoms with Gasteiger partial charge in [-0.15, -0.1) is 0 Å². The van der Waals surface area contributed by atoms with Gasteiger partial charge < -0.3 is 5.32 Å². The molecule has 1 fully saturated rings. The van der Waals surface area contributed by atoms with Gasteiger partial charge in [-0.2, -0.15) is 0 Å². The Balaban J connectivity index is 1.81. The lowest BCUT2D eigenvalue weighted by Crippen LogP contribution is -2.48. The average molecular weight is 294 g/mol. The van der Waals surface area contributed by atoms with Crippen molar-refractivity contribution in [1.82, 2.24) is 10.0 Å². The maximum absolute atomic E-state index is 12.5. The quantitative estimate of drug-likeness (QED) is 0.887. The van der Waals surface area contributed by atoms with Gasteiger partial charge in [0.25, 0.3) is 0 Å². The first-order valence-electron chi connectivity index (χ1n) is 7.41. The van der Waals surface area contributed by atoms with Crippen molar-refractivity contribution in [3.63, 3.8) is 0 Å². The molecular formula is C15H22N2O2S. The molecule has 2 unspecified atom stereocenters. The van der Waals surface area contributed by atoms with E-state index in [-0.39, 0.29) is 6.04 Å². The van der Waals surface area contributed by atoms with Crippen LogP contribution in [0, 0.1) is 5.92 Å². The van der Waals surface area contributed by atoms with Crippen LogP contribution in [0.4, 0.5) is 0 Å². The Morgan fingerprint density at radius 1 is 1.25 bits per heavy atom. The molecule has 0 amide bonds. The van der Waals surface area contributed by atoms with E-state index in [2.05, 4.69) is 17.0 Å². The Hall–Kier alpha value is -0.910. The number of rotatable bonds is 3. The van der Waals surface area contributed by atoms with Gasteiger partial charge in [-0.3, -0.25) is 0 Å². The van der Waals surface area contributed by atoms with Crippen LogP contribution in [0.1, 0.15) is 30.9 Å². The highest BCUT2D eigenvalue weighted by Crippen LogP contribution is 2.25. The summed E-state index contributed by atoms with van der Waals surface area (Å²) in [6.45, 7) is 3.83. The molecule has 0 saturated carbocycles. The molecule has 4 nitrogen and oxygen atoms in total. The molecule has 2 aliphatic rings. The van der Waals surface area contributed by atoms with E-state index in [0.29, 0.717) is 10.8 Å². The first-order chi connectivity index (χ1) is 9.56. The third-order valence-electron chi connectivity index (χ3n) is 4.47. The van der Waals surface area contributed by atoms with Crippen molar-refractivity contribution in [2.24, 2.45) is 5.92 Å². The molecule has 110 valence electrons. The van der Waals surface area contributed by atoms with Crippen LogP contribution in [0.25, 0.3) is 0 Å². The maximum atomic E-state index is 12.5. The fourth-order valence-corrected chi connectivity index (χ4v) is 4.60. The number of nitrogens with one attached hydrogen (secondary N) is 2. The minimum absolute atomic E-state index is 0.0366. The molecule has 0 aromatic heterocycles. The van der Waals surface area contributed by atoms with E-state index in [4.69, 9.17) is 0 Å². The Bertz CT molecular complexity index is 598. The van der Waals surface area contributed by atoms with Gasteiger partial charge in [0.05, 0.1) is 4.90 Å². The molecule has 1 aromatic rings. The molecule has 3 rings (SSSR count). The fourth-order valence-electron chi connectivity index (χ4n) is 3.17. The van der Waals surface area contributed by atoms with E-state index in [9.17, 15) is 8.42 Å². The predicted molar refractivity (Wildman–Crippen MR) is 79.2 cm³/mol. The van der Waals surface area contributed by atoms with Crippen LogP contribution >= 0.6 is 0 Å². The molecule has 1 heterocycles. The predicted octanol–water partition coefficient (Wildman–Crippen LogP) is 1.45. The lowest BCUT2D eigenvalue weighted by Gasteiger charge is -2.30. The highest BCUT2D eigenvalue weighted by atomic mass is 32.2. The SMILES string of the molecule is CC1CNCCC1NS(=O)(=O)c1ccc2c(c1)CCC2. The van der Waals surface area contributed by atoms with Gasteiger partial charge in [0, 0.05) is 6.04 Å². The van der Waals surface area contributed by atoms with Gasteiger partial charge in [-0.05, 0) is 68.0 Å². The number of benzene rings is 1. The van der Waals surface area contributed by atoms with Crippen molar-refractivity contribution in [2.45, 2.75) is 43.5 Å². The van der Waals surface area contributed by atoms with Crippen LogP contribution in [-0.4, -0.2) is 27.5 Å². The number of aryl methyl sites for hydroxylation is 2. The van der Waals surface area contributed by atoms with Crippen LogP contribution in [0.5, 0.6) is 0 Å². The summed E-state index contributed by atoms with van der Waals surface area (Å²) in [5.74, 6) is 0.327. The van der Waals surface area contributed by atoms with E-state index >= 15 is 0 Å². The minimum atomic E-state index is -3.39. The lowest BCUT2D eigenvalue weighted by molar-refractivity contribution is 0.328. The van der Waals surface area contributed by atoms with Crippen LogP contribution in [0.3, 0.4) is 0 Å². The second-order valence-corrected chi connectivity index (χ2v) is 7.70. The molecule has 1 aliphatic heterocycles. The second kappa shape index (κ2) is 5.47. The summed E-state index contributed by atoms with van der Waals surface area (Å²) in [4.78, 5) is 0.420. The van der Waals surface area contributed by atoms with Gasteiger partial charge in [0.15, 0.2) is 0 Å². The monoisotopic (exact) mass is 294 g/mol. The number of sulfonamides is 1. The molecule has 20 heavy (non-hydrogen) atoms. The molecular weight excluding hydrogens is 272 g/mol. The summed E-state index contributed by atoms with van der Waals surface area (Å²) in [5, 5.41) is 3.29. The summed E-state index contributed by atoms with van der Waals surface area (Å²) in [6, 6.07) is 5.62. The zero-order chi connectivity index (χ0) is 14.2. The van der Waals surface area contributed by atoms with Crippen molar-refractivity contribution < 1.29 is 8.42 Å². The standard InChI is InChI=1S/C15H22N2O2S/c1-11-10-16-8-7-15(11)17-20(18,19)14-6-5-12-3-2-4-13(12)9-14/h5-6,9,11,15-17H,2-4,7-8,10H2,1H3. The van der Waals surface area contributed by atoms with E-state index in [1.807, 2.05) is 12.1 Å². The van der Waals surface area contributed by atoms with Crippen molar-refractivity contribution in [3.8, 4) is 0 Å². The molecule has 0 spiro atoms. The molecule has 5 heteroatoms. The van der Waals surface area contributed by atoms with E-state index < -0.39 is 10.0 Å². The van der Waals surface area contributed by atoms with Crippen LogP contribution in [-0.2, 0) is 22.9 Å². The first-order valence-corrected chi connectivity index (χ1v) is 8.89. The Morgan fingerprint density at radius 2 is 2.05 bits per heavy atom. The molecule has 0 bridgehead atoms. The topological polar surface area (TPSA) is 58.2 Å². The number of hydrogen-bond acceptors (Lipinski definition) is 3. The van der Waals surface area contributed by atoms with Crippen LogP contribution in [0.2, 0.25) is 0 Å². The van der Waals surface area contributed by atoms with E-state index in [1.165, 1.54) is 11.1 Å². The van der Waals surface area contributed by atoms with Crippen molar-refractivity contribution in [2.75, 3.05) is 13.1 Å². The molecule has 1 aromatic carbocycles. The number of fused-ring (bicyclic) bond motifs is 1. The average Bonchev–Trinajstić information content (AvgIpc) is 2.88. The van der Waals surface area contributed by atoms with Gasteiger partial charge in [-0.25, -0.2) is 13.1 Å². The third-order valence-corrected chi connectivity index (χ3v) is 5.96. The second-order valence-electron chi connectivity index (χ2n) is 5.98. The number of piperidine rings is 1. The van der Waals surface area contributed by atoms with Crippen molar-refractivity contribution >= 4 is 10.0 Å². The third kappa shape index (κ3) is 2.75. The van der Waals surface area contributed by atoms with Crippen molar-refractivity contribution in [1.29, 1.82) is 0 Å². The zero-order valence-electron chi connectivity index (χ0n) is 11.9. The first kappa shape index (κ1) is 14.0. The minimum Gasteiger partial charge on any atom is -0.316 e. The van der Waals surface area contributed by atoms with E-state index in [1.54, 1.807) is 6.07 Å². The van der Waals surface area contributed by atoms with Gasteiger partial charge in [0.1, 0.15) is 0 Å². The smallest absolute Gasteiger partial charge is 0.240 e. The highest BCUT2D eigenvalue weighted by molar-refractivity contribution is 7.89. The Kier molecular flexibility index (Phi) is 3.84. The highest BCUT2D eigenvalue weighted by Gasteiger charge is 2.27. The summed E-state index contributed by atoms with van der Waals surface area (Å²) in [5.41, 5.74) is 2.51. The Morgan fingerprint density at radius 3 is 2.85 bits per heavy atom. The molecule has 1 aliphatic carbocycles. The molecule has 0 radical (unpaired) electrons. The summed E-state index contributed by atoms with van der Waals surface area (Å²) >= 11 is 0. The fraction of sp³-hybridized carbons (Fsp3) is 0.600. The molecule has 2 atom stereocenters. The summed E-state index contributed by atoms with van der Waals surface area (Å²) in [7, 11) is -3.39. The van der Waals surface area contributed by atoms with E-state index in [0.717, 1.165) is 38.8 Å². The number of hydrogen-bond donors (Lipinski definition) is 2. The van der Waals surface area contributed by atoms with Crippen LogP contribution in [0.15, 0.2) is 23.1 Å². The molecule has 1 saturated heterocycles. The Labute approximate surface area is 121 Å².